The van der Waals surface area contributed by atoms with E-state index in [1.165, 1.54) is 0 Å². The highest BCUT2D eigenvalue weighted by molar-refractivity contribution is 7.80. The summed E-state index contributed by atoms with van der Waals surface area (Å²) in [7, 11) is 0. The van der Waals surface area contributed by atoms with Gasteiger partial charge < -0.3 is 15.3 Å². The lowest BCUT2D eigenvalue weighted by molar-refractivity contribution is -0.143. The second-order valence-electron chi connectivity index (χ2n) is 4.54. The van der Waals surface area contributed by atoms with Crippen molar-refractivity contribution in [2.75, 3.05) is 18.4 Å². The molecule has 0 bridgehead atoms. The molecule has 102 valence electrons. The largest absolute Gasteiger partial charge is 0.481 e. The number of nitrogens with zero attached hydrogens (tertiary/aromatic N) is 1. The van der Waals surface area contributed by atoms with Crippen LogP contribution in [0.4, 0.5) is 5.69 Å². The fourth-order valence-electron chi connectivity index (χ4n) is 2.10. The molecule has 1 aliphatic rings. The van der Waals surface area contributed by atoms with E-state index in [-0.39, 0.29) is 5.92 Å². The molecule has 0 aliphatic carbocycles. The zero-order valence-electron chi connectivity index (χ0n) is 10.3. The third-order valence-corrected chi connectivity index (χ3v) is 3.80. The van der Waals surface area contributed by atoms with Crippen LogP contribution < -0.4 is 5.32 Å². The molecule has 4 nitrogen and oxygen atoms in total. The van der Waals surface area contributed by atoms with Gasteiger partial charge in [0.15, 0.2) is 5.11 Å². The van der Waals surface area contributed by atoms with Crippen molar-refractivity contribution in [2.45, 2.75) is 12.8 Å². The maximum Gasteiger partial charge on any atom is 0.306 e. The van der Waals surface area contributed by atoms with E-state index in [2.05, 4.69) is 5.32 Å². The Labute approximate surface area is 122 Å². The number of rotatable bonds is 2. The molecule has 0 saturated carbocycles. The Kier molecular flexibility index (Phi) is 4.61. The first kappa shape index (κ1) is 14.1. The van der Waals surface area contributed by atoms with Crippen molar-refractivity contribution in [3.63, 3.8) is 0 Å². The molecule has 0 aromatic heterocycles. The number of piperidine rings is 1. The van der Waals surface area contributed by atoms with Crippen molar-refractivity contribution in [2.24, 2.45) is 5.92 Å². The number of likely N-dealkylation sites (tertiary alicyclic amines) is 1. The first-order valence-corrected chi connectivity index (χ1v) is 6.89. The van der Waals surface area contributed by atoms with Crippen LogP contribution in [-0.4, -0.2) is 34.2 Å². The molecule has 1 heterocycles. The van der Waals surface area contributed by atoms with Gasteiger partial charge in [-0.3, -0.25) is 4.79 Å². The number of halogens is 1. The van der Waals surface area contributed by atoms with E-state index in [1.807, 2.05) is 17.0 Å². The predicted octanol–water partition coefficient (Wildman–Crippen LogP) is 2.83. The minimum atomic E-state index is -0.714. The number of carbonyl (C=O) groups is 1. The van der Waals surface area contributed by atoms with Gasteiger partial charge in [-0.1, -0.05) is 17.7 Å². The summed E-state index contributed by atoms with van der Waals surface area (Å²) >= 11 is 11.2. The Morgan fingerprint density at radius 3 is 2.68 bits per heavy atom. The average molecular weight is 299 g/mol. The third-order valence-electron chi connectivity index (χ3n) is 3.21. The Morgan fingerprint density at radius 2 is 2.11 bits per heavy atom. The van der Waals surface area contributed by atoms with Crippen molar-refractivity contribution in [3.8, 4) is 0 Å². The Bertz CT molecular complexity index is 487. The SMILES string of the molecule is O=C(O)C1CCN(C(=S)Nc2cccc(Cl)c2)CC1. The zero-order chi connectivity index (χ0) is 13.8. The van der Waals surface area contributed by atoms with Gasteiger partial charge in [0, 0.05) is 23.8 Å². The molecule has 1 saturated heterocycles. The molecule has 1 aliphatic heterocycles. The average Bonchev–Trinajstić information content (AvgIpc) is 2.39. The van der Waals surface area contributed by atoms with E-state index in [1.54, 1.807) is 12.1 Å². The van der Waals surface area contributed by atoms with Crippen molar-refractivity contribution in [1.29, 1.82) is 0 Å². The first-order valence-electron chi connectivity index (χ1n) is 6.10. The van der Waals surface area contributed by atoms with Crippen molar-refractivity contribution in [1.82, 2.24) is 4.90 Å². The van der Waals surface area contributed by atoms with Crippen molar-refractivity contribution in [3.05, 3.63) is 29.3 Å². The number of anilines is 1. The second kappa shape index (κ2) is 6.21. The summed E-state index contributed by atoms with van der Waals surface area (Å²) in [5.74, 6) is -0.960. The van der Waals surface area contributed by atoms with Crippen LogP contribution in [0, 0.1) is 5.92 Å². The minimum Gasteiger partial charge on any atom is -0.481 e. The van der Waals surface area contributed by atoms with E-state index in [0.717, 1.165) is 5.69 Å². The van der Waals surface area contributed by atoms with E-state index >= 15 is 0 Å². The van der Waals surface area contributed by atoms with Gasteiger partial charge in [-0.05, 0) is 43.3 Å². The fourth-order valence-corrected chi connectivity index (χ4v) is 2.59. The number of hydrogen-bond acceptors (Lipinski definition) is 2. The van der Waals surface area contributed by atoms with E-state index in [9.17, 15) is 4.79 Å². The van der Waals surface area contributed by atoms with Crippen molar-refractivity contribution < 1.29 is 9.90 Å². The molecule has 2 rings (SSSR count). The van der Waals surface area contributed by atoms with Crippen molar-refractivity contribution >= 4 is 40.6 Å². The van der Waals surface area contributed by atoms with Crippen LogP contribution >= 0.6 is 23.8 Å². The topological polar surface area (TPSA) is 52.6 Å². The standard InChI is InChI=1S/C13H15ClN2O2S/c14-10-2-1-3-11(8-10)15-13(19)16-6-4-9(5-7-16)12(17)18/h1-3,8-9H,4-7H2,(H,15,19)(H,17,18). The van der Waals surface area contributed by atoms with Crippen LogP contribution in [0.15, 0.2) is 24.3 Å². The molecular formula is C13H15ClN2O2S. The summed E-state index contributed by atoms with van der Waals surface area (Å²) in [6.45, 7) is 1.34. The molecule has 1 fully saturated rings. The number of carboxylic acids is 1. The molecule has 0 spiro atoms. The lowest BCUT2D eigenvalue weighted by atomic mass is 9.97. The maximum absolute atomic E-state index is 10.9. The van der Waals surface area contributed by atoms with Gasteiger partial charge in [0.2, 0.25) is 0 Å². The quantitative estimate of drug-likeness (QED) is 0.822. The van der Waals surface area contributed by atoms with Gasteiger partial charge >= 0.3 is 5.97 Å². The van der Waals surface area contributed by atoms with Gasteiger partial charge in [0.25, 0.3) is 0 Å². The highest BCUT2D eigenvalue weighted by Gasteiger charge is 2.25. The van der Waals surface area contributed by atoms with Crippen LogP contribution in [0.25, 0.3) is 0 Å². The van der Waals surface area contributed by atoms with Gasteiger partial charge in [-0.15, -0.1) is 0 Å². The number of benzene rings is 1. The molecule has 19 heavy (non-hydrogen) atoms. The molecule has 0 unspecified atom stereocenters. The van der Waals surface area contributed by atoms with E-state index in [4.69, 9.17) is 28.9 Å². The van der Waals surface area contributed by atoms with E-state index in [0.29, 0.717) is 36.1 Å². The molecule has 2 N–H and O–H groups in total. The molecular weight excluding hydrogens is 284 g/mol. The molecule has 1 aromatic carbocycles. The Hall–Kier alpha value is -1.33. The van der Waals surface area contributed by atoms with Gasteiger partial charge in [-0.2, -0.15) is 0 Å². The van der Waals surface area contributed by atoms with Gasteiger partial charge in [0.05, 0.1) is 5.92 Å². The van der Waals surface area contributed by atoms with Crippen LogP contribution in [0.1, 0.15) is 12.8 Å². The summed E-state index contributed by atoms with van der Waals surface area (Å²) in [5, 5.41) is 13.3. The van der Waals surface area contributed by atoms with Crippen LogP contribution in [-0.2, 0) is 4.79 Å². The van der Waals surface area contributed by atoms with Gasteiger partial charge in [-0.25, -0.2) is 0 Å². The fraction of sp³-hybridized carbons (Fsp3) is 0.385. The number of thiocarbonyl (C=S) groups is 1. The minimum absolute atomic E-state index is 0.245. The lowest BCUT2D eigenvalue weighted by Gasteiger charge is -2.32. The predicted molar refractivity (Wildman–Crippen MR) is 79.6 cm³/mol. The van der Waals surface area contributed by atoms with Crippen LogP contribution in [0.3, 0.4) is 0 Å². The van der Waals surface area contributed by atoms with Gasteiger partial charge in [0.1, 0.15) is 0 Å². The smallest absolute Gasteiger partial charge is 0.306 e. The first-order chi connectivity index (χ1) is 9.06. The molecule has 0 atom stereocenters. The Balaban J connectivity index is 1.90. The summed E-state index contributed by atoms with van der Waals surface area (Å²) in [6.07, 6.45) is 1.26. The molecule has 1 aromatic rings. The normalized spacial score (nSPS) is 16.2. The molecule has 0 radical (unpaired) electrons. The highest BCUT2D eigenvalue weighted by atomic mass is 35.5. The molecule has 6 heteroatoms. The van der Waals surface area contributed by atoms with Crippen LogP contribution in [0.5, 0.6) is 0 Å². The molecule has 0 amide bonds. The summed E-state index contributed by atoms with van der Waals surface area (Å²) in [6, 6.07) is 7.35. The Morgan fingerprint density at radius 1 is 1.42 bits per heavy atom. The maximum atomic E-state index is 10.9. The van der Waals surface area contributed by atoms with E-state index < -0.39 is 5.97 Å². The summed E-state index contributed by atoms with van der Waals surface area (Å²) in [4.78, 5) is 12.9. The van der Waals surface area contributed by atoms with Crippen LogP contribution in [0.2, 0.25) is 5.02 Å². The second-order valence-corrected chi connectivity index (χ2v) is 5.36. The third kappa shape index (κ3) is 3.81. The number of carboxylic acid groups (broad SMARTS) is 1. The summed E-state index contributed by atoms with van der Waals surface area (Å²) < 4.78 is 0. The number of nitrogens with one attached hydrogen (secondary N) is 1. The lowest BCUT2D eigenvalue weighted by Crippen LogP contribution is -2.42. The summed E-state index contributed by atoms with van der Waals surface area (Å²) in [5.41, 5.74) is 0.845. The monoisotopic (exact) mass is 298 g/mol. The highest BCUT2D eigenvalue weighted by Crippen LogP contribution is 2.19. The number of hydrogen-bond donors (Lipinski definition) is 2. The number of aliphatic carboxylic acids is 1. The zero-order valence-corrected chi connectivity index (χ0v) is 11.9.